The van der Waals surface area contributed by atoms with Crippen molar-refractivity contribution in [3.8, 4) is 0 Å². The highest BCUT2D eigenvalue weighted by molar-refractivity contribution is 5.35. The maximum absolute atomic E-state index is 12.2. The molecule has 0 aliphatic rings. The number of hydrogen-bond acceptors (Lipinski definition) is 3. The fourth-order valence-corrected chi connectivity index (χ4v) is 0.825. The standard InChI is InChI=1S/C7H9F3N4.ClH/c8-7(9,10)5-3-6(12-2-1-11)14-4-13-5;/h3-4H,1-2,11H2,(H,12,13,14);1H. The van der Waals surface area contributed by atoms with Gasteiger partial charge in [-0.05, 0) is 0 Å². The van der Waals surface area contributed by atoms with Gasteiger partial charge >= 0.3 is 6.18 Å². The van der Waals surface area contributed by atoms with Crippen molar-refractivity contribution in [1.29, 1.82) is 0 Å². The molecule has 0 fully saturated rings. The van der Waals surface area contributed by atoms with Gasteiger partial charge in [-0.2, -0.15) is 13.2 Å². The zero-order valence-corrected chi connectivity index (χ0v) is 8.44. The van der Waals surface area contributed by atoms with Crippen LogP contribution in [0.2, 0.25) is 0 Å². The number of quaternary nitrogens is 1. The first kappa shape index (κ1) is 13.9. The number of nitrogens with zero attached hydrogens (tertiary/aromatic N) is 2. The lowest BCUT2D eigenvalue weighted by Gasteiger charge is -2.07. The zero-order chi connectivity index (χ0) is 10.6. The Balaban J connectivity index is 0.00000196. The SMILES string of the molecule is [Cl-].[NH3+]CCNc1cc(C(F)(F)F)ncn1. The predicted octanol–water partition coefficient (Wildman–Crippen LogP) is -2.85. The molecule has 0 bridgehead atoms. The van der Waals surface area contributed by atoms with Gasteiger partial charge in [0.15, 0.2) is 0 Å². The number of nitrogens with one attached hydrogen (secondary N) is 1. The topological polar surface area (TPSA) is 65.5 Å². The largest absolute Gasteiger partial charge is 1.00 e. The van der Waals surface area contributed by atoms with Crippen molar-refractivity contribution in [2.45, 2.75) is 6.18 Å². The van der Waals surface area contributed by atoms with Crippen molar-refractivity contribution >= 4 is 5.82 Å². The summed E-state index contributed by atoms with van der Waals surface area (Å²) in [6, 6.07) is 0.871. The number of halogens is 4. The molecule has 86 valence electrons. The van der Waals surface area contributed by atoms with Crippen LogP contribution in [0.25, 0.3) is 0 Å². The number of hydrogen-bond donors (Lipinski definition) is 2. The number of alkyl halides is 3. The van der Waals surface area contributed by atoms with E-state index in [1.165, 1.54) is 0 Å². The number of anilines is 1. The summed E-state index contributed by atoms with van der Waals surface area (Å²) in [6.07, 6.45) is -3.54. The Kier molecular flexibility index (Phi) is 5.31. The lowest BCUT2D eigenvalue weighted by Crippen LogP contribution is -3.00. The Morgan fingerprint density at radius 3 is 2.53 bits per heavy atom. The van der Waals surface area contributed by atoms with Gasteiger partial charge in [0.25, 0.3) is 0 Å². The van der Waals surface area contributed by atoms with Crippen LogP contribution in [-0.4, -0.2) is 23.1 Å². The maximum atomic E-state index is 12.2. The van der Waals surface area contributed by atoms with Gasteiger partial charge in [0, 0.05) is 6.07 Å². The minimum absolute atomic E-state index is 0. The van der Waals surface area contributed by atoms with E-state index in [4.69, 9.17) is 0 Å². The summed E-state index contributed by atoms with van der Waals surface area (Å²) in [5.74, 6) is 0.163. The molecule has 0 atom stereocenters. The third-order valence-electron chi connectivity index (χ3n) is 1.44. The van der Waals surface area contributed by atoms with E-state index in [0.29, 0.717) is 13.1 Å². The first-order chi connectivity index (χ1) is 6.54. The second-order valence-electron chi connectivity index (χ2n) is 2.57. The van der Waals surface area contributed by atoms with Crippen molar-refractivity contribution in [3.05, 3.63) is 18.1 Å². The van der Waals surface area contributed by atoms with Crippen LogP contribution >= 0.6 is 0 Å². The van der Waals surface area contributed by atoms with Crippen molar-refractivity contribution in [1.82, 2.24) is 9.97 Å². The van der Waals surface area contributed by atoms with Crippen LogP contribution in [-0.2, 0) is 6.18 Å². The van der Waals surface area contributed by atoms with Crippen LogP contribution < -0.4 is 23.5 Å². The molecule has 0 aliphatic carbocycles. The van der Waals surface area contributed by atoms with E-state index in [-0.39, 0.29) is 18.2 Å². The summed E-state index contributed by atoms with van der Waals surface area (Å²) in [7, 11) is 0. The monoisotopic (exact) mass is 242 g/mol. The average molecular weight is 243 g/mol. The normalized spacial score (nSPS) is 10.7. The highest BCUT2D eigenvalue weighted by atomic mass is 35.5. The van der Waals surface area contributed by atoms with E-state index in [2.05, 4.69) is 21.0 Å². The lowest BCUT2D eigenvalue weighted by atomic mass is 10.4. The average Bonchev–Trinajstić information content (AvgIpc) is 2.14. The van der Waals surface area contributed by atoms with Crippen LogP contribution in [0.5, 0.6) is 0 Å². The smallest absolute Gasteiger partial charge is 0.433 e. The van der Waals surface area contributed by atoms with Crippen LogP contribution in [0, 0.1) is 0 Å². The zero-order valence-electron chi connectivity index (χ0n) is 7.68. The highest BCUT2D eigenvalue weighted by Gasteiger charge is 2.32. The molecule has 0 saturated carbocycles. The van der Waals surface area contributed by atoms with Gasteiger partial charge in [-0.3, -0.25) is 0 Å². The molecule has 8 heteroatoms. The number of aromatic nitrogens is 2. The second-order valence-corrected chi connectivity index (χ2v) is 2.57. The van der Waals surface area contributed by atoms with E-state index in [1.54, 1.807) is 0 Å². The van der Waals surface area contributed by atoms with Crippen LogP contribution in [0.15, 0.2) is 12.4 Å². The van der Waals surface area contributed by atoms with Gasteiger partial charge < -0.3 is 23.5 Å². The van der Waals surface area contributed by atoms with E-state index < -0.39 is 11.9 Å². The van der Waals surface area contributed by atoms with Crippen molar-refractivity contribution in [2.75, 3.05) is 18.4 Å². The minimum Gasteiger partial charge on any atom is -1.00 e. The molecule has 0 unspecified atom stereocenters. The van der Waals surface area contributed by atoms with E-state index in [0.717, 1.165) is 12.4 Å². The Labute approximate surface area is 90.5 Å². The van der Waals surface area contributed by atoms with E-state index >= 15 is 0 Å². The van der Waals surface area contributed by atoms with Crippen molar-refractivity contribution in [2.24, 2.45) is 0 Å². The number of rotatable bonds is 3. The minimum atomic E-state index is -4.43. The summed E-state index contributed by atoms with van der Waals surface area (Å²) in [4.78, 5) is 6.77. The molecule has 4 N–H and O–H groups in total. The molecule has 4 nitrogen and oxygen atoms in total. The van der Waals surface area contributed by atoms with Crippen LogP contribution in [0.4, 0.5) is 19.0 Å². The quantitative estimate of drug-likeness (QED) is 0.600. The Morgan fingerprint density at radius 1 is 1.33 bits per heavy atom. The first-order valence-electron chi connectivity index (χ1n) is 3.96. The molecular weight excluding hydrogens is 233 g/mol. The summed E-state index contributed by atoms with van der Waals surface area (Å²) >= 11 is 0. The van der Waals surface area contributed by atoms with Crippen molar-refractivity contribution in [3.63, 3.8) is 0 Å². The molecule has 1 heterocycles. The van der Waals surface area contributed by atoms with Crippen LogP contribution in [0.1, 0.15) is 5.69 Å². The molecule has 0 aliphatic heterocycles. The van der Waals surface area contributed by atoms with Gasteiger partial charge in [0.1, 0.15) is 17.8 Å². The summed E-state index contributed by atoms with van der Waals surface area (Å²) < 4.78 is 36.5. The van der Waals surface area contributed by atoms with Gasteiger partial charge in [-0.25, -0.2) is 9.97 Å². The predicted molar refractivity (Wildman–Crippen MR) is 43.3 cm³/mol. The molecule has 0 spiro atoms. The molecule has 1 aromatic rings. The molecule has 1 rings (SSSR count). The van der Waals surface area contributed by atoms with Crippen molar-refractivity contribution < 1.29 is 31.3 Å². The van der Waals surface area contributed by atoms with Gasteiger partial charge in [0.2, 0.25) is 0 Å². The molecule has 0 radical (unpaired) electrons. The molecule has 1 aromatic heterocycles. The highest BCUT2D eigenvalue weighted by Crippen LogP contribution is 2.27. The van der Waals surface area contributed by atoms with E-state index in [9.17, 15) is 13.2 Å². The lowest BCUT2D eigenvalue weighted by molar-refractivity contribution is -0.362. The second kappa shape index (κ2) is 5.72. The maximum Gasteiger partial charge on any atom is 0.433 e. The summed E-state index contributed by atoms with van der Waals surface area (Å²) in [6.45, 7) is 1.06. The summed E-state index contributed by atoms with van der Waals surface area (Å²) in [5, 5.41) is 2.69. The fraction of sp³-hybridized carbons (Fsp3) is 0.429. The third kappa shape index (κ3) is 4.30. The van der Waals surface area contributed by atoms with Gasteiger partial charge in [0.05, 0.1) is 13.1 Å². The molecule has 15 heavy (non-hydrogen) atoms. The fourth-order valence-electron chi connectivity index (χ4n) is 0.825. The van der Waals surface area contributed by atoms with Gasteiger partial charge in [-0.15, -0.1) is 0 Å². The first-order valence-corrected chi connectivity index (χ1v) is 3.96. The Morgan fingerprint density at radius 2 is 2.00 bits per heavy atom. The Hall–Kier alpha value is -1.08. The Bertz CT molecular complexity index is 305. The van der Waals surface area contributed by atoms with Gasteiger partial charge in [-0.1, -0.05) is 0 Å². The third-order valence-corrected chi connectivity index (χ3v) is 1.44. The van der Waals surface area contributed by atoms with E-state index in [1.807, 2.05) is 0 Å². The summed E-state index contributed by atoms with van der Waals surface area (Å²) in [5.41, 5.74) is 2.60. The van der Waals surface area contributed by atoms with Crippen LogP contribution in [0.3, 0.4) is 0 Å². The molecule has 0 amide bonds. The molecule has 0 aromatic carbocycles. The molecular formula is C7H10ClF3N4. The molecule has 0 saturated heterocycles.